The van der Waals surface area contributed by atoms with Gasteiger partial charge in [-0.25, -0.2) is 12.7 Å². The minimum Gasteiger partial charge on any atom is -0.481 e. The Bertz CT molecular complexity index is 635. The Morgan fingerprint density at radius 3 is 2.25 bits per heavy atom. The molecule has 0 aromatic carbocycles. The van der Waals surface area contributed by atoms with Crippen LogP contribution in [0.5, 0.6) is 0 Å². The van der Waals surface area contributed by atoms with Gasteiger partial charge in [-0.15, -0.1) is 0 Å². The number of nitriles is 1. The first-order valence-corrected chi connectivity index (χ1v) is 9.30. The number of alkyl halides is 3. The molecule has 0 aromatic rings. The Hall–Kier alpha value is -1.34. The number of carboxylic acid groups (broad SMARTS) is 1. The molecule has 0 spiro atoms. The van der Waals surface area contributed by atoms with Crippen molar-refractivity contribution >= 4 is 16.0 Å². The molecule has 2 atom stereocenters. The Balaban J connectivity index is 2.21. The summed E-state index contributed by atoms with van der Waals surface area (Å²) in [4.78, 5) is 11.1. The van der Waals surface area contributed by atoms with E-state index in [0.717, 1.165) is 6.42 Å². The average molecular weight is 368 g/mol. The van der Waals surface area contributed by atoms with Crippen LogP contribution in [0.4, 0.5) is 13.2 Å². The van der Waals surface area contributed by atoms with Gasteiger partial charge in [0.05, 0.1) is 29.1 Å². The minimum atomic E-state index is -4.79. The quantitative estimate of drug-likeness (QED) is 0.818. The maximum Gasteiger partial charge on any atom is 0.393 e. The van der Waals surface area contributed by atoms with E-state index < -0.39 is 58.3 Å². The number of nitrogens with zero attached hydrogens (tertiary/aromatic N) is 2. The van der Waals surface area contributed by atoms with Crippen LogP contribution in [-0.2, 0) is 14.8 Å². The summed E-state index contributed by atoms with van der Waals surface area (Å²) in [6.07, 6.45) is -1.71. The molecular formula is C14H19F3N2O4S. The zero-order valence-corrected chi connectivity index (χ0v) is 13.7. The smallest absolute Gasteiger partial charge is 0.393 e. The molecule has 2 fully saturated rings. The van der Waals surface area contributed by atoms with Crippen LogP contribution >= 0.6 is 0 Å². The van der Waals surface area contributed by atoms with Crippen LogP contribution in [-0.4, -0.2) is 48.8 Å². The van der Waals surface area contributed by atoms with E-state index in [1.165, 1.54) is 0 Å². The molecule has 1 saturated carbocycles. The standard InChI is InChI=1S/C14H19F3N2O4S/c15-14(16,17)11-7-19(6-10(11)12(20)21)24(22,23)9-13(8-18)4-2-1-3-5-13/h10-11H,1-7,9H2,(H,20,21)/t10-,11-/m1/s1. The molecule has 1 saturated heterocycles. The molecule has 0 aromatic heterocycles. The van der Waals surface area contributed by atoms with E-state index in [-0.39, 0.29) is 0 Å². The third-order valence-electron chi connectivity index (χ3n) is 4.92. The van der Waals surface area contributed by atoms with Crippen LogP contribution in [0.1, 0.15) is 32.1 Å². The van der Waals surface area contributed by atoms with Gasteiger partial charge in [0.1, 0.15) is 0 Å². The Morgan fingerprint density at radius 2 is 1.83 bits per heavy atom. The fourth-order valence-electron chi connectivity index (χ4n) is 3.53. The first-order chi connectivity index (χ1) is 11.0. The van der Waals surface area contributed by atoms with Crippen LogP contribution < -0.4 is 0 Å². The molecule has 2 aliphatic rings. The summed E-state index contributed by atoms with van der Waals surface area (Å²) < 4.78 is 64.6. The fraction of sp³-hybridized carbons (Fsp3) is 0.857. The molecule has 1 heterocycles. The maximum atomic E-state index is 13.0. The highest BCUT2D eigenvalue weighted by atomic mass is 32.2. The van der Waals surface area contributed by atoms with Crippen molar-refractivity contribution in [2.75, 3.05) is 18.8 Å². The van der Waals surface area contributed by atoms with Gasteiger partial charge in [-0.1, -0.05) is 19.3 Å². The van der Waals surface area contributed by atoms with Gasteiger partial charge in [0, 0.05) is 13.1 Å². The molecule has 0 amide bonds. The third kappa shape index (κ3) is 3.83. The second-order valence-corrected chi connectivity index (χ2v) is 8.59. The van der Waals surface area contributed by atoms with Gasteiger partial charge in [-0.05, 0) is 12.8 Å². The van der Waals surface area contributed by atoms with Crippen molar-refractivity contribution < 1.29 is 31.5 Å². The minimum absolute atomic E-state index is 0.391. The molecule has 1 aliphatic heterocycles. The molecule has 0 unspecified atom stereocenters. The average Bonchev–Trinajstić information content (AvgIpc) is 2.94. The van der Waals surface area contributed by atoms with Gasteiger partial charge in [0.15, 0.2) is 0 Å². The molecule has 24 heavy (non-hydrogen) atoms. The largest absolute Gasteiger partial charge is 0.481 e. The lowest BCUT2D eigenvalue weighted by Crippen LogP contribution is -2.40. The normalized spacial score (nSPS) is 28.4. The van der Waals surface area contributed by atoms with Crippen molar-refractivity contribution in [3.63, 3.8) is 0 Å². The third-order valence-corrected chi connectivity index (χ3v) is 6.93. The van der Waals surface area contributed by atoms with Gasteiger partial charge >= 0.3 is 12.1 Å². The second-order valence-electron chi connectivity index (χ2n) is 6.62. The summed E-state index contributed by atoms with van der Waals surface area (Å²) in [7, 11) is -4.14. The summed E-state index contributed by atoms with van der Waals surface area (Å²) in [5.74, 6) is -6.26. The number of carboxylic acids is 1. The monoisotopic (exact) mass is 368 g/mol. The molecule has 136 valence electrons. The number of halogens is 3. The summed E-state index contributed by atoms with van der Waals surface area (Å²) in [6.45, 7) is -1.60. The highest BCUT2D eigenvalue weighted by molar-refractivity contribution is 7.89. The highest BCUT2D eigenvalue weighted by Gasteiger charge is 2.55. The van der Waals surface area contributed by atoms with Gasteiger partial charge in [-0.2, -0.15) is 18.4 Å². The molecule has 6 nitrogen and oxygen atoms in total. The van der Waals surface area contributed by atoms with Crippen molar-refractivity contribution in [3.05, 3.63) is 0 Å². The van der Waals surface area contributed by atoms with Crippen molar-refractivity contribution in [2.45, 2.75) is 38.3 Å². The second kappa shape index (κ2) is 6.52. The number of carbonyl (C=O) groups is 1. The van der Waals surface area contributed by atoms with E-state index in [2.05, 4.69) is 0 Å². The van der Waals surface area contributed by atoms with Crippen LogP contribution in [0.25, 0.3) is 0 Å². The molecule has 10 heteroatoms. The van der Waals surface area contributed by atoms with Crippen molar-refractivity contribution in [1.82, 2.24) is 4.31 Å². The number of rotatable bonds is 4. The topological polar surface area (TPSA) is 98.5 Å². The molecule has 1 N–H and O–H groups in total. The van der Waals surface area contributed by atoms with Crippen molar-refractivity contribution in [1.29, 1.82) is 5.26 Å². The van der Waals surface area contributed by atoms with Crippen LogP contribution in [0, 0.1) is 28.6 Å². The SMILES string of the molecule is N#CC1(CS(=O)(=O)N2C[C@@H](C(F)(F)F)[C@H](C(=O)O)C2)CCCCC1. The van der Waals surface area contributed by atoms with Crippen LogP contribution in [0.15, 0.2) is 0 Å². The maximum absolute atomic E-state index is 13.0. The predicted octanol–water partition coefficient (Wildman–Crippen LogP) is 1.99. The lowest BCUT2D eigenvalue weighted by atomic mass is 9.77. The zero-order valence-electron chi connectivity index (χ0n) is 12.9. The number of aliphatic carboxylic acids is 1. The van der Waals surface area contributed by atoms with Crippen molar-refractivity contribution in [2.24, 2.45) is 17.3 Å². The van der Waals surface area contributed by atoms with Crippen LogP contribution in [0.2, 0.25) is 0 Å². The van der Waals surface area contributed by atoms with E-state index >= 15 is 0 Å². The number of hydrogen-bond acceptors (Lipinski definition) is 4. The highest BCUT2D eigenvalue weighted by Crippen LogP contribution is 2.41. The van der Waals surface area contributed by atoms with Gasteiger partial charge in [0.25, 0.3) is 0 Å². The lowest BCUT2D eigenvalue weighted by Gasteiger charge is -2.31. The molecular weight excluding hydrogens is 349 g/mol. The Labute approximate surface area is 138 Å². The zero-order chi connectivity index (χ0) is 18.2. The lowest BCUT2D eigenvalue weighted by molar-refractivity contribution is -0.187. The first kappa shape index (κ1) is 19.0. The number of sulfonamides is 1. The van der Waals surface area contributed by atoms with Crippen molar-refractivity contribution in [3.8, 4) is 6.07 Å². The first-order valence-electron chi connectivity index (χ1n) is 7.69. The summed E-state index contributed by atoms with van der Waals surface area (Å²) >= 11 is 0. The predicted molar refractivity (Wildman–Crippen MR) is 77.2 cm³/mol. The van der Waals surface area contributed by atoms with Gasteiger partial charge in [-0.3, -0.25) is 4.79 Å². The fourth-order valence-corrected chi connectivity index (χ4v) is 5.54. The van der Waals surface area contributed by atoms with E-state index in [1.807, 2.05) is 6.07 Å². The van der Waals surface area contributed by atoms with Gasteiger partial charge in [0.2, 0.25) is 10.0 Å². The van der Waals surface area contributed by atoms with E-state index in [1.54, 1.807) is 0 Å². The Morgan fingerprint density at radius 1 is 1.25 bits per heavy atom. The summed E-state index contributed by atoms with van der Waals surface area (Å²) in [5.41, 5.74) is -1.09. The summed E-state index contributed by atoms with van der Waals surface area (Å²) in [5, 5.41) is 18.3. The van der Waals surface area contributed by atoms with E-state index in [4.69, 9.17) is 5.11 Å². The molecule has 0 radical (unpaired) electrons. The van der Waals surface area contributed by atoms with Gasteiger partial charge < -0.3 is 5.11 Å². The van der Waals surface area contributed by atoms with E-state index in [0.29, 0.717) is 30.0 Å². The molecule has 0 bridgehead atoms. The Kier molecular flexibility index (Phi) is 5.16. The van der Waals surface area contributed by atoms with E-state index in [9.17, 15) is 31.6 Å². The van der Waals surface area contributed by atoms with Crippen LogP contribution in [0.3, 0.4) is 0 Å². The summed E-state index contributed by atoms with van der Waals surface area (Å²) in [6, 6.07) is 2.03. The number of hydrogen-bond donors (Lipinski definition) is 1. The molecule has 2 rings (SSSR count). The molecule has 1 aliphatic carbocycles.